The molecule has 3 N–H and O–H groups in total. The van der Waals surface area contributed by atoms with Crippen LogP contribution in [0.15, 0.2) is 58.2 Å². The minimum Gasteiger partial charge on any atom is -0.467 e. The first kappa shape index (κ1) is 16.3. The fourth-order valence-corrected chi connectivity index (χ4v) is 1.73. The van der Waals surface area contributed by atoms with Crippen LogP contribution >= 0.6 is 0 Å². The molecular formula is C16H18N4O3. The van der Waals surface area contributed by atoms with Gasteiger partial charge in [0.15, 0.2) is 0 Å². The second kappa shape index (κ2) is 9.04. The van der Waals surface area contributed by atoms with Crippen molar-refractivity contribution >= 4 is 18.2 Å². The van der Waals surface area contributed by atoms with Crippen molar-refractivity contribution in [2.45, 2.75) is 13.0 Å². The van der Waals surface area contributed by atoms with Crippen molar-refractivity contribution < 1.29 is 14.0 Å². The molecule has 3 amide bonds. The third-order valence-electron chi connectivity index (χ3n) is 2.86. The van der Waals surface area contributed by atoms with Crippen LogP contribution < -0.4 is 16.1 Å². The Morgan fingerprint density at radius 2 is 1.91 bits per heavy atom. The van der Waals surface area contributed by atoms with Crippen molar-refractivity contribution in [3.8, 4) is 0 Å². The van der Waals surface area contributed by atoms with Crippen LogP contribution in [0.25, 0.3) is 0 Å². The van der Waals surface area contributed by atoms with Crippen LogP contribution in [-0.4, -0.2) is 24.7 Å². The fourth-order valence-electron chi connectivity index (χ4n) is 1.73. The number of benzene rings is 1. The van der Waals surface area contributed by atoms with Crippen LogP contribution in [0.2, 0.25) is 0 Å². The fraction of sp³-hybridized carbons (Fsp3) is 0.188. The summed E-state index contributed by atoms with van der Waals surface area (Å²) in [6.07, 6.45) is 3.75. The van der Waals surface area contributed by atoms with Gasteiger partial charge in [-0.1, -0.05) is 30.3 Å². The lowest BCUT2D eigenvalue weighted by Gasteiger charge is -2.05. The highest BCUT2D eigenvalue weighted by molar-refractivity contribution is 5.84. The van der Waals surface area contributed by atoms with Crippen LogP contribution in [-0.2, 0) is 17.8 Å². The van der Waals surface area contributed by atoms with E-state index in [4.69, 9.17) is 4.42 Å². The van der Waals surface area contributed by atoms with Gasteiger partial charge in [-0.25, -0.2) is 10.2 Å². The van der Waals surface area contributed by atoms with Gasteiger partial charge >= 0.3 is 6.03 Å². The van der Waals surface area contributed by atoms with E-state index >= 15 is 0 Å². The van der Waals surface area contributed by atoms with Crippen LogP contribution in [0.1, 0.15) is 11.3 Å². The first-order chi connectivity index (χ1) is 11.2. The van der Waals surface area contributed by atoms with E-state index in [1.165, 1.54) is 6.26 Å². The standard InChI is InChI=1S/C16H18N4O3/c21-15(20-19-9-8-13-5-2-1-3-6-13)12-18-16(22)17-11-14-7-4-10-23-14/h1-7,9-10H,8,11-12H2,(H,20,21)(H2,17,18,22). The number of hydrogen-bond donors (Lipinski definition) is 3. The zero-order chi connectivity index (χ0) is 16.3. The summed E-state index contributed by atoms with van der Waals surface area (Å²) in [4.78, 5) is 23.0. The van der Waals surface area contributed by atoms with Crippen LogP contribution in [0, 0.1) is 0 Å². The average Bonchev–Trinajstić information content (AvgIpc) is 3.09. The van der Waals surface area contributed by atoms with Crippen molar-refractivity contribution in [1.29, 1.82) is 0 Å². The number of furan rings is 1. The van der Waals surface area contributed by atoms with Gasteiger partial charge in [0.25, 0.3) is 5.91 Å². The van der Waals surface area contributed by atoms with Gasteiger partial charge in [-0.05, 0) is 17.7 Å². The second-order valence-electron chi connectivity index (χ2n) is 4.65. The molecule has 0 radical (unpaired) electrons. The largest absolute Gasteiger partial charge is 0.467 e. The molecule has 1 heterocycles. The van der Waals surface area contributed by atoms with E-state index in [-0.39, 0.29) is 13.1 Å². The lowest BCUT2D eigenvalue weighted by atomic mass is 10.2. The summed E-state index contributed by atoms with van der Waals surface area (Å²) >= 11 is 0. The summed E-state index contributed by atoms with van der Waals surface area (Å²) < 4.78 is 5.07. The van der Waals surface area contributed by atoms with Gasteiger partial charge in [-0.3, -0.25) is 4.79 Å². The Morgan fingerprint density at radius 1 is 1.09 bits per heavy atom. The summed E-state index contributed by atoms with van der Waals surface area (Å²) in [6, 6.07) is 12.8. The van der Waals surface area contributed by atoms with Gasteiger partial charge in [0.1, 0.15) is 12.3 Å². The molecule has 0 spiro atoms. The normalized spacial score (nSPS) is 10.4. The molecule has 120 valence electrons. The number of rotatable bonds is 7. The zero-order valence-electron chi connectivity index (χ0n) is 12.5. The second-order valence-corrected chi connectivity index (χ2v) is 4.65. The number of carbonyl (C=O) groups excluding carboxylic acids is 2. The maximum atomic E-state index is 11.5. The summed E-state index contributed by atoms with van der Waals surface area (Å²) in [5, 5.41) is 8.81. The number of nitrogens with one attached hydrogen (secondary N) is 3. The Bertz CT molecular complexity index is 639. The van der Waals surface area contributed by atoms with Crippen molar-refractivity contribution in [3.05, 3.63) is 60.1 Å². The van der Waals surface area contributed by atoms with Gasteiger partial charge in [0, 0.05) is 12.6 Å². The Hall–Kier alpha value is -3.09. The molecule has 7 heteroatoms. The highest BCUT2D eigenvalue weighted by Gasteiger charge is 2.04. The number of nitrogens with zero attached hydrogens (tertiary/aromatic N) is 1. The minimum atomic E-state index is -0.454. The van der Waals surface area contributed by atoms with E-state index in [0.717, 1.165) is 5.56 Å². The highest BCUT2D eigenvalue weighted by Crippen LogP contribution is 1.98. The summed E-state index contributed by atoms with van der Waals surface area (Å²) in [6.45, 7) is 0.0995. The van der Waals surface area contributed by atoms with Crippen LogP contribution in [0.5, 0.6) is 0 Å². The van der Waals surface area contributed by atoms with Crippen LogP contribution in [0.4, 0.5) is 4.79 Å². The number of carbonyl (C=O) groups is 2. The first-order valence-corrected chi connectivity index (χ1v) is 7.12. The predicted octanol–water partition coefficient (Wildman–Crippen LogP) is 1.42. The molecule has 7 nitrogen and oxygen atoms in total. The molecule has 23 heavy (non-hydrogen) atoms. The van der Waals surface area contributed by atoms with E-state index in [0.29, 0.717) is 12.2 Å². The summed E-state index contributed by atoms with van der Waals surface area (Å²) in [7, 11) is 0. The summed E-state index contributed by atoms with van der Waals surface area (Å²) in [5.41, 5.74) is 3.45. The molecular weight excluding hydrogens is 296 g/mol. The molecule has 0 aliphatic heterocycles. The molecule has 0 atom stereocenters. The van der Waals surface area contributed by atoms with Crippen molar-refractivity contribution in [2.24, 2.45) is 5.10 Å². The van der Waals surface area contributed by atoms with Crippen molar-refractivity contribution in [2.75, 3.05) is 6.54 Å². The zero-order valence-corrected chi connectivity index (χ0v) is 12.5. The SMILES string of the molecule is O=C(CNC(=O)NCc1ccco1)NN=CCc1ccccc1. The van der Waals surface area contributed by atoms with E-state index in [9.17, 15) is 9.59 Å². The van der Waals surface area contributed by atoms with E-state index in [1.807, 2.05) is 30.3 Å². The molecule has 2 rings (SSSR count). The Morgan fingerprint density at radius 3 is 2.65 bits per heavy atom. The van der Waals surface area contributed by atoms with Gasteiger partial charge in [-0.2, -0.15) is 5.10 Å². The van der Waals surface area contributed by atoms with E-state index < -0.39 is 11.9 Å². The summed E-state index contributed by atoms with van der Waals surface area (Å²) in [5.74, 6) is 0.234. The molecule has 0 unspecified atom stereocenters. The molecule has 2 aromatic rings. The molecule has 0 saturated carbocycles. The Labute approximate surface area is 133 Å². The molecule has 0 aliphatic rings. The van der Waals surface area contributed by atoms with Crippen LogP contribution in [0.3, 0.4) is 0 Å². The number of amides is 3. The molecule has 1 aromatic carbocycles. The van der Waals surface area contributed by atoms with Gasteiger partial charge in [0.05, 0.1) is 12.8 Å². The molecule has 0 fully saturated rings. The van der Waals surface area contributed by atoms with E-state index in [2.05, 4.69) is 21.2 Å². The minimum absolute atomic E-state index is 0.160. The predicted molar refractivity (Wildman–Crippen MR) is 85.7 cm³/mol. The van der Waals surface area contributed by atoms with Crippen molar-refractivity contribution in [1.82, 2.24) is 16.1 Å². The van der Waals surface area contributed by atoms with Gasteiger partial charge < -0.3 is 15.1 Å². The lowest BCUT2D eigenvalue weighted by molar-refractivity contribution is -0.120. The molecule has 1 aromatic heterocycles. The Balaban J connectivity index is 1.58. The number of hydrazone groups is 1. The van der Waals surface area contributed by atoms with Gasteiger partial charge in [-0.15, -0.1) is 0 Å². The third kappa shape index (κ3) is 6.47. The maximum absolute atomic E-state index is 11.5. The molecule has 0 aliphatic carbocycles. The smallest absolute Gasteiger partial charge is 0.315 e. The average molecular weight is 314 g/mol. The number of hydrogen-bond acceptors (Lipinski definition) is 4. The third-order valence-corrected chi connectivity index (χ3v) is 2.86. The van der Waals surface area contributed by atoms with Crippen molar-refractivity contribution in [3.63, 3.8) is 0 Å². The van der Waals surface area contributed by atoms with Gasteiger partial charge in [0.2, 0.25) is 0 Å². The molecule has 0 saturated heterocycles. The first-order valence-electron chi connectivity index (χ1n) is 7.12. The quantitative estimate of drug-likeness (QED) is 0.533. The molecule has 0 bridgehead atoms. The topological polar surface area (TPSA) is 95.7 Å². The monoisotopic (exact) mass is 314 g/mol. The number of urea groups is 1. The Kier molecular flexibility index (Phi) is 6.40. The van der Waals surface area contributed by atoms with E-state index in [1.54, 1.807) is 18.3 Å². The highest BCUT2D eigenvalue weighted by atomic mass is 16.3. The lowest BCUT2D eigenvalue weighted by Crippen LogP contribution is -2.40. The maximum Gasteiger partial charge on any atom is 0.315 e.